The third kappa shape index (κ3) is 3.47. The van der Waals surface area contributed by atoms with E-state index in [0.717, 1.165) is 0 Å². The number of carbonyl (C=O) groups is 1. The van der Waals surface area contributed by atoms with Gasteiger partial charge in [0.15, 0.2) is 5.79 Å². The number of ether oxygens (including phenoxy) is 3. The summed E-state index contributed by atoms with van der Waals surface area (Å²) < 4.78 is 15.7. The SMILES string of the molecule is C/C=C\C(=O)OC[C@H]1COC(C)(C)O1. The van der Waals surface area contributed by atoms with E-state index in [0.29, 0.717) is 6.61 Å². The van der Waals surface area contributed by atoms with Gasteiger partial charge >= 0.3 is 5.97 Å². The van der Waals surface area contributed by atoms with Crippen LogP contribution in [0.3, 0.4) is 0 Å². The van der Waals surface area contributed by atoms with Crippen LogP contribution < -0.4 is 0 Å². The maximum atomic E-state index is 11.0. The van der Waals surface area contributed by atoms with E-state index < -0.39 is 5.79 Å². The third-order valence-corrected chi connectivity index (χ3v) is 1.78. The zero-order chi connectivity index (χ0) is 10.6. The van der Waals surface area contributed by atoms with Crippen molar-refractivity contribution in [2.24, 2.45) is 0 Å². The van der Waals surface area contributed by atoms with Crippen LogP contribution in [0.2, 0.25) is 0 Å². The molecule has 1 aliphatic rings. The predicted octanol–water partition coefficient (Wildman–Crippen LogP) is 1.26. The molecule has 0 amide bonds. The molecule has 1 rings (SSSR count). The van der Waals surface area contributed by atoms with Crippen LogP contribution in [-0.2, 0) is 19.0 Å². The molecule has 0 radical (unpaired) electrons. The Morgan fingerprint density at radius 1 is 1.64 bits per heavy atom. The predicted molar refractivity (Wildman–Crippen MR) is 50.7 cm³/mol. The van der Waals surface area contributed by atoms with Crippen molar-refractivity contribution in [1.82, 2.24) is 0 Å². The van der Waals surface area contributed by atoms with E-state index in [1.165, 1.54) is 6.08 Å². The number of rotatable bonds is 3. The van der Waals surface area contributed by atoms with Gasteiger partial charge in [0.05, 0.1) is 6.61 Å². The average Bonchev–Trinajstić information content (AvgIpc) is 2.43. The minimum absolute atomic E-state index is 0.154. The van der Waals surface area contributed by atoms with E-state index in [1.54, 1.807) is 13.0 Å². The molecular formula is C10H16O4. The van der Waals surface area contributed by atoms with Crippen LogP contribution in [-0.4, -0.2) is 31.1 Å². The van der Waals surface area contributed by atoms with E-state index in [4.69, 9.17) is 14.2 Å². The van der Waals surface area contributed by atoms with Crippen LogP contribution in [0.1, 0.15) is 20.8 Å². The topological polar surface area (TPSA) is 44.8 Å². The molecule has 1 aliphatic heterocycles. The quantitative estimate of drug-likeness (QED) is 0.508. The van der Waals surface area contributed by atoms with Gasteiger partial charge < -0.3 is 14.2 Å². The van der Waals surface area contributed by atoms with Crippen molar-refractivity contribution in [2.75, 3.05) is 13.2 Å². The average molecular weight is 200 g/mol. The molecular weight excluding hydrogens is 184 g/mol. The van der Waals surface area contributed by atoms with Gasteiger partial charge in [0.25, 0.3) is 0 Å². The number of carbonyl (C=O) groups excluding carboxylic acids is 1. The summed E-state index contributed by atoms with van der Waals surface area (Å²) in [5.74, 6) is -0.904. The molecule has 0 bridgehead atoms. The maximum absolute atomic E-state index is 11.0. The second-order valence-electron chi connectivity index (χ2n) is 3.58. The van der Waals surface area contributed by atoms with Gasteiger partial charge in [0.2, 0.25) is 0 Å². The Balaban J connectivity index is 2.24. The van der Waals surface area contributed by atoms with Gasteiger partial charge in [-0.05, 0) is 20.8 Å². The van der Waals surface area contributed by atoms with Gasteiger partial charge in [0, 0.05) is 6.08 Å². The summed E-state index contributed by atoms with van der Waals surface area (Å²) in [5, 5.41) is 0. The van der Waals surface area contributed by atoms with Gasteiger partial charge in [0.1, 0.15) is 12.7 Å². The Kier molecular flexibility index (Phi) is 3.66. The maximum Gasteiger partial charge on any atom is 0.330 e. The van der Waals surface area contributed by atoms with E-state index in [1.807, 2.05) is 13.8 Å². The summed E-state index contributed by atoms with van der Waals surface area (Å²) in [6.45, 7) is 6.14. The van der Waals surface area contributed by atoms with Crippen molar-refractivity contribution in [3.63, 3.8) is 0 Å². The smallest absolute Gasteiger partial charge is 0.330 e. The molecule has 0 aromatic heterocycles. The van der Waals surface area contributed by atoms with Gasteiger partial charge in [-0.1, -0.05) is 6.08 Å². The molecule has 1 atom stereocenters. The first-order valence-electron chi connectivity index (χ1n) is 4.65. The second kappa shape index (κ2) is 4.57. The molecule has 0 saturated carbocycles. The highest BCUT2D eigenvalue weighted by Crippen LogP contribution is 2.22. The number of esters is 1. The molecule has 0 aliphatic carbocycles. The molecule has 1 saturated heterocycles. The van der Waals surface area contributed by atoms with Crippen molar-refractivity contribution >= 4 is 5.97 Å². The highest BCUT2D eigenvalue weighted by molar-refractivity contribution is 5.81. The fourth-order valence-electron chi connectivity index (χ4n) is 1.20. The normalized spacial score (nSPS) is 25.5. The summed E-state index contributed by atoms with van der Waals surface area (Å²) in [6.07, 6.45) is 2.86. The van der Waals surface area contributed by atoms with Gasteiger partial charge in [-0.3, -0.25) is 0 Å². The third-order valence-electron chi connectivity index (χ3n) is 1.78. The molecule has 80 valence electrons. The molecule has 1 fully saturated rings. The Hall–Kier alpha value is -0.870. The molecule has 0 aromatic rings. The summed E-state index contributed by atoms with van der Waals surface area (Å²) >= 11 is 0. The van der Waals surface area contributed by atoms with Crippen LogP contribution in [0.15, 0.2) is 12.2 Å². The first-order valence-corrected chi connectivity index (χ1v) is 4.65. The van der Waals surface area contributed by atoms with Gasteiger partial charge in [-0.15, -0.1) is 0 Å². The Morgan fingerprint density at radius 2 is 2.36 bits per heavy atom. The first kappa shape index (κ1) is 11.2. The van der Waals surface area contributed by atoms with E-state index in [2.05, 4.69) is 0 Å². The summed E-state index contributed by atoms with van der Waals surface area (Å²) in [4.78, 5) is 11.0. The molecule has 1 heterocycles. The number of hydrogen-bond donors (Lipinski definition) is 0. The van der Waals surface area contributed by atoms with Crippen LogP contribution in [0.25, 0.3) is 0 Å². The van der Waals surface area contributed by atoms with Crippen LogP contribution >= 0.6 is 0 Å². The van der Waals surface area contributed by atoms with Crippen LogP contribution in [0.5, 0.6) is 0 Å². The monoisotopic (exact) mass is 200 g/mol. The lowest BCUT2D eigenvalue weighted by atomic mass is 10.4. The van der Waals surface area contributed by atoms with Crippen LogP contribution in [0, 0.1) is 0 Å². The molecule has 4 nitrogen and oxygen atoms in total. The Labute approximate surface area is 83.8 Å². The second-order valence-corrected chi connectivity index (χ2v) is 3.58. The highest BCUT2D eigenvalue weighted by atomic mass is 16.7. The lowest BCUT2D eigenvalue weighted by Crippen LogP contribution is -2.24. The van der Waals surface area contributed by atoms with Crippen LogP contribution in [0.4, 0.5) is 0 Å². The van der Waals surface area contributed by atoms with Crippen molar-refractivity contribution in [3.8, 4) is 0 Å². The van der Waals surface area contributed by atoms with E-state index in [9.17, 15) is 4.79 Å². The van der Waals surface area contributed by atoms with Gasteiger partial charge in [-0.25, -0.2) is 4.79 Å². The fraction of sp³-hybridized carbons (Fsp3) is 0.700. The number of hydrogen-bond acceptors (Lipinski definition) is 4. The zero-order valence-electron chi connectivity index (χ0n) is 8.78. The lowest BCUT2D eigenvalue weighted by molar-refractivity contribution is -0.154. The molecule has 4 heteroatoms. The van der Waals surface area contributed by atoms with Crippen molar-refractivity contribution in [3.05, 3.63) is 12.2 Å². The standard InChI is InChI=1S/C10H16O4/c1-4-5-9(11)12-6-8-7-13-10(2,3)14-8/h4-5,8H,6-7H2,1-3H3/b5-4-/t8-/m0/s1. The Bertz CT molecular complexity index is 232. The molecule has 14 heavy (non-hydrogen) atoms. The molecule has 0 spiro atoms. The minimum atomic E-state index is -0.558. The summed E-state index contributed by atoms with van der Waals surface area (Å²) in [7, 11) is 0. The lowest BCUT2D eigenvalue weighted by Gasteiger charge is -2.16. The Morgan fingerprint density at radius 3 is 2.86 bits per heavy atom. The first-order chi connectivity index (χ1) is 6.53. The van der Waals surface area contributed by atoms with Crippen molar-refractivity contribution < 1.29 is 19.0 Å². The molecule has 0 aromatic carbocycles. The summed E-state index contributed by atoms with van der Waals surface area (Å²) in [6, 6.07) is 0. The fourth-order valence-corrected chi connectivity index (χ4v) is 1.20. The highest BCUT2D eigenvalue weighted by Gasteiger charge is 2.33. The van der Waals surface area contributed by atoms with E-state index >= 15 is 0 Å². The molecule has 0 N–H and O–H groups in total. The largest absolute Gasteiger partial charge is 0.460 e. The van der Waals surface area contributed by atoms with Gasteiger partial charge in [-0.2, -0.15) is 0 Å². The van der Waals surface area contributed by atoms with Crippen molar-refractivity contribution in [1.29, 1.82) is 0 Å². The molecule has 0 unspecified atom stereocenters. The van der Waals surface area contributed by atoms with E-state index in [-0.39, 0.29) is 18.7 Å². The number of allylic oxidation sites excluding steroid dienone is 1. The minimum Gasteiger partial charge on any atom is -0.460 e. The zero-order valence-corrected chi connectivity index (χ0v) is 8.78. The summed E-state index contributed by atoms with van der Waals surface area (Å²) in [5.41, 5.74) is 0. The van der Waals surface area contributed by atoms with Crippen molar-refractivity contribution in [2.45, 2.75) is 32.7 Å².